The molecule has 10 N–H and O–H groups in total. The summed E-state index contributed by atoms with van der Waals surface area (Å²) in [6.07, 6.45) is 6.27. The van der Waals surface area contributed by atoms with Crippen LogP contribution >= 0.6 is 0 Å². The number of anilines is 8. The lowest BCUT2D eigenvalue weighted by molar-refractivity contribution is 0.169. The van der Waals surface area contributed by atoms with E-state index in [0.717, 1.165) is 63.5 Å². The molecule has 22 nitrogen and oxygen atoms in total. The minimum absolute atomic E-state index is 0.00159. The molecule has 0 unspecified atom stereocenters. The molecule has 80 heavy (non-hydrogen) atoms. The minimum atomic E-state index is -5.19. The molecule has 8 rings (SSSR count). The van der Waals surface area contributed by atoms with Crippen LogP contribution in [0, 0.1) is 11.8 Å². The molecule has 0 aliphatic carbocycles. The van der Waals surface area contributed by atoms with Gasteiger partial charge in [0.05, 0.1) is 9.79 Å². The molecule has 0 amide bonds. The smallest absolute Gasteiger partial charge is 0.233 e. The second kappa shape index (κ2) is 21.3. The maximum Gasteiger partial charge on any atom is 0.233 e. The van der Waals surface area contributed by atoms with Gasteiger partial charge in [0, 0.05) is 91.0 Å². The molecule has 24 heteroatoms. The molecular formula is C56H84N16O6S2-2. The van der Waals surface area contributed by atoms with Gasteiger partial charge in [-0.3, -0.25) is 0 Å². The highest BCUT2D eigenvalue weighted by molar-refractivity contribution is 7.86. The van der Waals surface area contributed by atoms with Gasteiger partial charge in [0.25, 0.3) is 0 Å². The zero-order chi connectivity index (χ0) is 58.9. The van der Waals surface area contributed by atoms with E-state index in [1.807, 2.05) is 0 Å². The number of piperidine rings is 4. The van der Waals surface area contributed by atoms with Gasteiger partial charge in [0.2, 0.25) is 35.7 Å². The van der Waals surface area contributed by atoms with E-state index in [-0.39, 0.29) is 103 Å². The van der Waals surface area contributed by atoms with Gasteiger partial charge in [-0.25, -0.2) is 16.8 Å². The fourth-order valence-electron chi connectivity index (χ4n) is 13.8. The van der Waals surface area contributed by atoms with Crippen LogP contribution in [0.2, 0.25) is 0 Å². The van der Waals surface area contributed by atoms with Gasteiger partial charge in [-0.15, -0.1) is 0 Å². The van der Waals surface area contributed by atoms with Gasteiger partial charge in [-0.1, -0.05) is 11.8 Å². The summed E-state index contributed by atoms with van der Waals surface area (Å²) in [6.45, 7) is 34.4. The molecule has 2 aromatic heterocycles. The number of nitrogens with zero attached hydrogens (tertiary/aromatic N) is 6. The quantitative estimate of drug-likeness (QED) is 0.0428. The van der Waals surface area contributed by atoms with Crippen LogP contribution in [-0.4, -0.2) is 124 Å². The second-order valence-electron chi connectivity index (χ2n) is 28.0. The van der Waals surface area contributed by atoms with E-state index in [1.54, 1.807) is 0 Å². The Kier molecular flexibility index (Phi) is 16.2. The predicted octanol–water partition coefficient (Wildman–Crippen LogP) is 7.64. The van der Waals surface area contributed by atoms with E-state index in [4.69, 9.17) is 29.9 Å². The molecule has 0 spiro atoms. The van der Waals surface area contributed by atoms with Crippen LogP contribution < -0.4 is 53.2 Å². The first-order valence-electron chi connectivity index (χ1n) is 27.6. The molecule has 0 atom stereocenters. The first kappa shape index (κ1) is 60.6. The van der Waals surface area contributed by atoms with E-state index >= 15 is 0 Å². The maximum absolute atomic E-state index is 13.0. The zero-order valence-electron chi connectivity index (χ0n) is 49.4. The van der Waals surface area contributed by atoms with E-state index in [9.17, 15) is 25.9 Å². The monoisotopic (exact) mass is 1140 g/mol. The highest BCUT2D eigenvalue weighted by atomic mass is 32.2. The van der Waals surface area contributed by atoms with Gasteiger partial charge in [0.1, 0.15) is 20.2 Å². The second-order valence-corrected chi connectivity index (χ2v) is 30.7. The van der Waals surface area contributed by atoms with E-state index in [0.29, 0.717) is 23.8 Å². The Balaban J connectivity index is 1.08. The molecular weight excluding hydrogens is 1060 g/mol. The first-order valence-corrected chi connectivity index (χ1v) is 30.4. The standard InChI is InChI=1S/C56H86N16O6S2/c1-49(2)25-37(26-50(3,4)69-49)59-45-63-43(64-46(67-45)60-38-27-51(5,6)70-52(7,8)28-38)57-35-21-19-33(41(23-35)79(73,74)75)17-18-34-20-22-36(24-42(34)80(76,77)78)58-44-65-47(61-39-29-53(9,10)71-54(11,12)30-39)68-48(66-44)62-40-31-55(13,14)72-56(15,16)32-40/h19-24,37-40,69-72H,25-32H2,1-16H3,(H,73,74,75)(H,76,77,78)(H3,57,59,60,63,64,67)(H3,58,61,62,65,66,68)/p-2. The van der Waals surface area contributed by atoms with Gasteiger partial charge in [-0.2, -0.15) is 29.9 Å². The number of aromatic nitrogens is 6. The molecule has 0 bridgehead atoms. The Morgan fingerprint density at radius 3 is 0.812 bits per heavy atom. The third-order valence-electron chi connectivity index (χ3n) is 14.7. The highest BCUT2D eigenvalue weighted by Crippen LogP contribution is 2.36. The number of nitrogens with one attached hydrogen (secondary N) is 10. The molecule has 438 valence electrons. The summed E-state index contributed by atoms with van der Waals surface area (Å²) in [5.74, 6) is 6.68. The summed E-state index contributed by atoms with van der Waals surface area (Å²) < 4.78 is 77.7. The van der Waals surface area contributed by atoms with Crippen molar-refractivity contribution in [1.29, 1.82) is 0 Å². The zero-order valence-corrected chi connectivity index (χ0v) is 51.0. The molecule has 0 radical (unpaired) electrons. The Morgan fingerprint density at radius 2 is 0.600 bits per heavy atom. The van der Waals surface area contributed by atoms with Crippen molar-refractivity contribution in [3.8, 4) is 11.8 Å². The fourth-order valence-corrected chi connectivity index (χ4v) is 15.1. The topological polar surface area (TPSA) is 312 Å². The molecule has 4 aliphatic heterocycles. The van der Waals surface area contributed by atoms with Crippen LogP contribution in [0.4, 0.5) is 47.1 Å². The van der Waals surface area contributed by atoms with Crippen molar-refractivity contribution in [2.24, 2.45) is 0 Å². The number of hydrogen-bond donors (Lipinski definition) is 10. The molecule has 4 fully saturated rings. The minimum Gasteiger partial charge on any atom is -0.744 e. The van der Waals surface area contributed by atoms with Crippen LogP contribution in [0.1, 0.15) is 173 Å². The van der Waals surface area contributed by atoms with Gasteiger partial charge < -0.3 is 62.3 Å². The number of benzene rings is 2. The summed E-state index contributed by atoms with van der Waals surface area (Å²) in [5.41, 5.74) is -1.57. The summed E-state index contributed by atoms with van der Waals surface area (Å²) in [7, 11) is -10.4. The summed E-state index contributed by atoms with van der Waals surface area (Å²) in [4.78, 5) is 27.1. The lowest BCUT2D eigenvalue weighted by Crippen LogP contribution is -2.60. The SMILES string of the molecule is CC1(C)CC(Nc2nc(Nc3ccc(C#Cc4ccc(Nc5nc(NC6CC(C)(C)NC(C)(C)C6)nc(NC6CC(C)(C)NC(C)(C)C6)n5)cc4S(=O)(=O)[O-])c(S(=O)(=O)[O-])c3)nc(NC3CC(C)(C)NC(C)(C)C3)n2)CC(C)(C)N1. The molecule has 4 aromatic rings. The van der Waals surface area contributed by atoms with Crippen molar-refractivity contribution in [2.45, 2.75) is 240 Å². The Hall–Kier alpha value is -5.52. The molecule has 6 heterocycles. The lowest BCUT2D eigenvalue weighted by Gasteiger charge is -2.47. The third kappa shape index (κ3) is 16.6. The third-order valence-corrected chi connectivity index (χ3v) is 16.5. The largest absolute Gasteiger partial charge is 0.744 e. The van der Waals surface area contributed by atoms with Crippen molar-refractivity contribution in [1.82, 2.24) is 51.2 Å². The van der Waals surface area contributed by atoms with Crippen LogP contribution in [0.15, 0.2) is 46.2 Å². The Bertz CT molecular complexity index is 2890. The van der Waals surface area contributed by atoms with Gasteiger partial charge >= 0.3 is 0 Å². The lowest BCUT2D eigenvalue weighted by atomic mass is 9.79. The van der Waals surface area contributed by atoms with Crippen LogP contribution in [-0.2, 0) is 20.2 Å². The summed E-state index contributed by atoms with van der Waals surface area (Å²) in [6, 6.07) is 7.85. The molecule has 0 saturated carbocycles. The van der Waals surface area contributed by atoms with Crippen LogP contribution in [0.3, 0.4) is 0 Å². The molecule has 2 aromatic carbocycles. The van der Waals surface area contributed by atoms with Crippen molar-refractivity contribution in [3.05, 3.63) is 47.5 Å². The van der Waals surface area contributed by atoms with Crippen molar-refractivity contribution in [3.63, 3.8) is 0 Å². The molecule has 4 saturated heterocycles. The predicted molar refractivity (Wildman–Crippen MR) is 313 cm³/mol. The molecule has 4 aliphatic rings. The number of hydrogen-bond acceptors (Lipinski definition) is 22. The van der Waals surface area contributed by atoms with Crippen molar-refractivity contribution in [2.75, 3.05) is 31.9 Å². The van der Waals surface area contributed by atoms with Crippen LogP contribution in [0.25, 0.3) is 0 Å². The Labute approximate surface area is 474 Å². The highest BCUT2D eigenvalue weighted by Gasteiger charge is 2.42. The van der Waals surface area contributed by atoms with Crippen molar-refractivity contribution < 1.29 is 25.9 Å². The normalized spacial score (nSPS) is 22.5. The number of rotatable bonds is 14. The van der Waals surface area contributed by atoms with Crippen LogP contribution in [0.5, 0.6) is 0 Å². The fraction of sp³-hybridized carbons (Fsp3) is 0.643. The van der Waals surface area contributed by atoms with E-state index < -0.39 is 30.0 Å². The average molecular weight is 1140 g/mol. The summed E-state index contributed by atoms with van der Waals surface area (Å²) in [5, 5.41) is 35.1. The Morgan fingerprint density at radius 1 is 0.388 bits per heavy atom. The first-order chi connectivity index (χ1) is 36.5. The van der Waals surface area contributed by atoms with Gasteiger partial charge in [0.15, 0.2) is 0 Å². The van der Waals surface area contributed by atoms with Gasteiger partial charge in [-0.05, 0) is 199 Å². The van der Waals surface area contributed by atoms with Crippen molar-refractivity contribution >= 4 is 67.3 Å². The van der Waals surface area contributed by atoms with E-state index in [1.165, 1.54) is 24.3 Å². The maximum atomic E-state index is 13.0. The van der Waals surface area contributed by atoms with E-state index in [2.05, 4.69) is 176 Å². The average Bonchev–Trinajstić information content (AvgIpc) is 3.21. The summed E-state index contributed by atoms with van der Waals surface area (Å²) >= 11 is 0.